The molecular weight excluding hydrogens is 430 g/mol. The Morgan fingerprint density at radius 2 is 1.59 bits per heavy atom. The SMILES string of the molecule is CCc1ccc(-c2ccc(C(=O)C[C@@H](CCn3nnc4ccccc4c3=O)C(=O)O)cc2)cc1. The molecule has 1 aromatic heterocycles. The summed E-state index contributed by atoms with van der Waals surface area (Å²) in [7, 11) is 0. The summed E-state index contributed by atoms with van der Waals surface area (Å²) in [5.41, 5.74) is 3.92. The van der Waals surface area contributed by atoms with E-state index in [1.165, 1.54) is 5.56 Å². The molecule has 0 aliphatic carbocycles. The maximum absolute atomic E-state index is 12.8. The Morgan fingerprint density at radius 1 is 0.941 bits per heavy atom. The van der Waals surface area contributed by atoms with Crippen LogP contribution in [0.2, 0.25) is 0 Å². The summed E-state index contributed by atoms with van der Waals surface area (Å²) in [6.07, 6.45) is 0.909. The average molecular weight is 456 g/mol. The minimum absolute atomic E-state index is 0.0631. The van der Waals surface area contributed by atoms with Gasteiger partial charge < -0.3 is 5.11 Å². The second-order valence-corrected chi connectivity index (χ2v) is 8.21. The summed E-state index contributed by atoms with van der Waals surface area (Å²) in [4.78, 5) is 37.2. The molecule has 1 atom stereocenters. The number of aliphatic carboxylic acids is 1. The molecule has 7 heteroatoms. The van der Waals surface area contributed by atoms with E-state index in [1.54, 1.807) is 36.4 Å². The van der Waals surface area contributed by atoms with Crippen LogP contribution in [0.4, 0.5) is 0 Å². The number of ketones is 1. The lowest BCUT2D eigenvalue weighted by atomic mass is 9.94. The summed E-state index contributed by atoms with van der Waals surface area (Å²) in [6.45, 7) is 2.17. The summed E-state index contributed by atoms with van der Waals surface area (Å²) in [5.74, 6) is -2.27. The molecule has 1 heterocycles. The third-order valence-corrected chi connectivity index (χ3v) is 6.00. The van der Waals surface area contributed by atoms with Crippen LogP contribution >= 0.6 is 0 Å². The van der Waals surface area contributed by atoms with Gasteiger partial charge in [-0.15, -0.1) is 5.10 Å². The Balaban J connectivity index is 1.43. The van der Waals surface area contributed by atoms with Crippen LogP contribution in [0, 0.1) is 5.92 Å². The van der Waals surface area contributed by atoms with Crippen molar-refractivity contribution in [1.29, 1.82) is 0 Å². The summed E-state index contributed by atoms with van der Waals surface area (Å²) in [5, 5.41) is 18.0. The van der Waals surface area contributed by atoms with Crippen LogP contribution in [-0.2, 0) is 17.8 Å². The van der Waals surface area contributed by atoms with E-state index < -0.39 is 11.9 Å². The molecular formula is C27H25N3O4. The quantitative estimate of drug-likeness (QED) is 0.376. The maximum atomic E-state index is 12.8. The molecule has 0 spiro atoms. The Kier molecular flexibility index (Phi) is 6.92. The first-order valence-electron chi connectivity index (χ1n) is 11.2. The number of carbonyl (C=O) groups is 2. The number of hydrogen-bond donors (Lipinski definition) is 1. The van der Waals surface area contributed by atoms with E-state index in [2.05, 4.69) is 29.4 Å². The molecule has 4 rings (SSSR count). The number of aryl methyl sites for hydroxylation is 2. The van der Waals surface area contributed by atoms with Crippen molar-refractivity contribution in [2.75, 3.05) is 0 Å². The number of aromatic nitrogens is 3. The molecule has 1 N–H and O–H groups in total. The van der Waals surface area contributed by atoms with E-state index in [0.717, 1.165) is 22.2 Å². The normalized spacial score (nSPS) is 11.9. The molecule has 34 heavy (non-hydrogen) atoms. The first kappa shape index (κ1) is 23.0. The van der Waals surface area contributed by atoms with Crippen LogP contribution in [0.25, 0.3) is 22.0 Å². The second-order valence-electron chi connectivity index (χ2n) is 8.21. The lowest BCUT2D eigenvalue weighted by Gasteiger charge is -2.12. The van der Waals surface area contributed by atoms with Crippen molar-refractivity contribution in [2.24, 2.45) is 5.92 Å². The minimum atomic E-state index is -1.08. The lowest BCUT2D eigenvalue weighted by Crippen LogP contribution is -2.27. The number of carboxylic acid groups (broad SMARTS) is 1. The minimum Gasteiger partial charge on any atom is -0.481 e. The number of Topliss-reactive ketones (excluding diaryl/α,β-unsaturated/α-hetero) is 1. The highest BCUT2D eigenvalue weighted by atomic mass is 16.4. The summed E-state index contributed by atoms with van der Waals surface area (Å²) >= 11 is 0. The average Bonchev–Trinajstić information content (AvgIpc) is 2.87. The Bertz CT molecular complexity index is 1380. The zero-order chi connectivity index (χ0) is 24.1. The molecule has 172 valence electrons. The fraction of sp³-hybridized carbons (Fsp3) is 0.222. The van der Waals surface area contributed by atoms with Crippen molar-refractivity contribution in [1.82, 2.24) is 15.0 Å². The van der Waals surface area contributed by atoms with E-state index in [0.29, 0.717) is 16.5 Å². The summed E-state index contributed by atoms with van der Waals surface area (Å²) in [6, 6.07) is 22.3. The summed E-state index contributed by atoms with van der Waals surface area (Å²) < 4.78 is 1.15. The molecule has 0 unspecified atom stereocenters. The van der Waals surface area contributed by atoms with Crippen molar-refractivity contribution in [3.63, 3.8) is 0 Å². The topological polar surface area (TPSA) is 102 Å². The van der Waals surface area contributed by atoms with Crippen LogP contribution in [0.5, 0.6) is 0 Å². The molecule has 0 saturated carbocycles. The highest BCUT2D eigenvalue weighted by molar-refractivity contribution is 5.98. The first-order valence-corrected chi connectivity index (χ1v) is 11.2. The van der Waals surface area contributed by atoms with Gasteiger partial charge in [-0.2, -0.15) is 0 Å². The van der Waals surface area contributed by atoms with E-state index >= 15 is 0 Å². The fourth-order valence-corrected chi connectivity index (χ4v) is 3.88. The van der Waals surface area contributed by atoms with Crippen LogP contribution in [-0.4, -0.2) is 31.9 Å². The van der Waals surface area contributed by atoms with Gasteiger partial charge in [0.05, 0.1) is 11.3 Å². The van der Waals surface area contributed by atoms with Crippen molar-refractivity contribution in [3.05, 3.63) is 94.3 Å². The van der Waals surface area contributed by atoms with Crippen molar-refractivity contribution >= 4 is 22.7 Å². The van der Waals surface area contributed by atoms with Crippen molar-refractivity contribution in [2.45, 2.75) is 32.7 Å². The van der Waals surface area contributed by atoms with Crippen LogP contribution in [0.3, 0.4) is 0 Å². The zero-order valence-electron chi connectivity index (χ0n) is 18.8. The first-order chi connectivity index (χ1) is 16.5. The number of fused-ring (bicyclic) bond motifs is 1. The molecule has 0 radical (unpaired) electrons. The smallest absolute Gasteiger partial charge is 0.307 e. The number of nitrogens with zero attached hydrogens (tertiary/aromatic N) is 3. The van der Waals surface area contributed by atoms with Gasteiger partial charge in [0.1, 0.15) is 5.52 Å². The van der Waals surface area contributed by atoms with Gasteiger partial charge in [-0.05, 0) is 41.7 Å². The zero-order valence-corrected chi connectivity index (χ0v) is 18.8. The molecule has 0 aliphatic rings. The van der Waals surface area contributed by atoms with Crippen molar-refractivity contribution in [3.8, 4) is 11.1 Å². The van der Waals surface area contributed by atoms with Gasteiger partial charge in [-0.1, -0.05) is 72.8 Å². The number of rotatable bonds is 9. The second kappa shape index (κ2) is 10.2. The molecule has 0 saturated heterocycles. The number of carbonyl (C=O) groups excluding carboxylic acids is 1. The molecule has 0 amide bonds. The predicted molar refractivity (Wildman–Crippen MR) is 130 cm³/mol. The number of carboxylic acids is 1. The highest BCUT2D eigenvalue weighted by Crippen LogP contribution is 2.22. The Morgan fingerprint density at radius 3 is 2.24 bits per heavy atom. The van der Waals surface area contributed by atoms with Gasteiger partial charge in [0, 0.05) is 18.5 Å². The van der Waals surface area contributed by atoms with Gasteiger partial charge in [0.25, 0.3) is 5.56 Å². The fourth-order valence-electron chi connectivity index (χ4n) is 3.88. The van der Waals surface area contributed by atoms with E-state index in [-0.39, 0.29) is 30.7 Å². The standard InChI is InChI=1S/C27H25N3O4/c1-2-18-7-9-19(10-8-18)20-11-13-21(14-12-20)25(31)17-22(27(33)34)15-16-30-26(32)23-5-3-4-6-24(23)28-29-30/h3-14,22H,2,15-17H2,1H3,(H,33,34)/t22-/m1/s1. The van der Waals surface area contributed by atoms with E-state index in [9.17, 15) is 19.5 Å². The molecule has 3 aromatic carbocycles. The van der Waals surface area contributed by atoms with Gasteiger partial charge in [-0.25, -0.2) is 4.68 Å². The number of benzene rings is 3. The van der Waals surface area contributed by atoms with Crippen LogP contribution in [0.1, 0.15) is 35.7 Å². The lowest BCUT2D eigenvalue weighted by molar-refractivity contribution is -0.142. The van der Waals surface area contributed by atoms with Gasteiger partial charge >= 0.3 is 5.97 Å². The molecule has 0 fully saturated rings. The number of hydrogen-bond acceptors (Lipinski definition) is 5. The maximum Gasteiger partial charge on any atom is 0.307 e. The highest BCUT2D eigenvalue weighted by Gasteiger charge is 2.22. The third kappa shape index (κ3) is 5.09. The van der Waals surface area contributed by atoms with Crippen LogP contribution in [0.15, 0.2) is 77.6 Å². The molecule has 0 aliphatic heterocycles. The van der Waals surface area contributed by atoms with E-state index in [4.69, 9.17) is 0 Å². The molecule has 4 aromatic rings. The molecule has 0 bridgehead atoms. The Labute approximate surface area is 196 Å². The van der Waals surface area contributed by atoms with Gasteiger partial charge in [-0.3, -0.25) is 14.4 Å². The third-order valence-electron chi connectivity index (χ3n) is 6.00. The largest absolute Gasteiger partial charge is 0.481 e. The monoisotopic (exact) mass is 455 g/mol. The molecule has 7 nitrogen and oxygen atoms in total. The van der Waals surface area contributed by atoms with Crippen molar-refractivity contribution < 1.29 is 14.7 Å². The van der Waals surface area contributed by atoms with Crippen LogP contribution < -0.4 is 5.56 Å². The predicted octanol–water partition coefficient (Wildman–Crippen LogP) is 4.38. The Hall–Kier alpha value is -4.13. The van der Waals surface area contributed by atoms with E-state index in [1.807, 2.05) is 24.3 Å². The van der Waals surface area contributed by atoms with Gasteiger partial charge in [0.15, 0.2) is 5.78 Å². The van der Waals surface area contributed by atoms with Gasteiger partial charge in [0.2, 0.25) is 0 Å².